The highest BCUT2D eigenvalue weighted by Crippen LogP contribution is 2.40. The minimum atomic E-state index is -4.81. The Labute approximate surface area is 196 Å². The van der Waals surface area contributed by atoms with Crippen molar-refractivity contribution in [2.45, 2.75) is 12.7 Å². The Bertz CT molecular complexity index is 1490. The maximum absolute atomic E-state index is 14.4. The van der Waals surface area contributed by atoms with E-state index < -0.39 is 29.1 Å². The molecule has 5 rings (SSSR count). The highest BCUT2D eigenvalue weighted by atomic mass is 35.5. The fourth-order valence-electron chi connectivity index (χ4n) is 3.90. The summed E-state index contributed by atoms with van der Waals surface area (Å²) < 4.78 is 49.9. The van der Waals surface area contributed by atoms with Gasteiger partial charge in [-0.3, -0.25) is 9.78 Å². The van der Waals surface area contributed by atoms with E-state index in [-0.39, 0.29) is 23.2 Å². The summed E-state index contributed by atoms with van der Waals surface area (Å²) in [7, 11) is 0. The molecule has 0 atom stereocenters. The molecule has 0 unspecified atom stereocenters. The Morgan fingerprint density at radius 1 is 1.00 bits per heavy atom. The van der Waals surface area contributed by atoms with Gasteiger partial charge in [0.2, 0.25) is 0 Å². The Kier molecular flexibility index (Phi) is 5.45. The topological polar surface area (TPSA) is 60.9 Å². The summed E-state index contributed by atoms with van der Waals surface area (Å²) in [5.74, 6) is -1.12. The number of oxazole rings is 1. The van der Waals surface area contributed by atoms with Crippen molar-refractivity contribution in [3.63, 3.8) is 0 Å². The summed E-state index contributed by atoms with van der Waals surface area (Å²) in [6.07, 6.45) is -0.434. The lowest BCUT2D eigenvalue weighted by Crippen LogP contribution is -2.18. The smallest absolute Gasteiger partial charge is 0.432 e. The maximum Gasteiger partial charge on any atom is 0.432 e. The summed E-state index contributed by atoms with van der Waals surface area (Å²) in [5.41, 5.74) is -0.0833. The van der Waals surface area contributed by atoms with Crippen LogP contribution in [-0.2, 0) is 12.7 Å². The van der Waals surface area contributed by atoms with Gasteiger partial charge in [-0.05, 0) is 35.9 Å². The van der Waals surface area contributed by atoms with E-state index in [1.54, 1.807) is 54.6 Å². The van der Waals surface area contributed by atoms with Crippen LogP contribution in [0.25, 0.3) is 22.2 Å². The van der Waals surface area contributed by atoms with Crippen LogP contribution in [-0.4, -0.2) is 20.3 Å². The number of carbonyl (C=O) groups excluding carboxylic acids is 1. The van der Waals surface area contributed by atoms with Crippen molar-refractivity contribution in [2.75, 3.05) is 0 Å². The molecule has 3 aromatic heterocycles. The van der Waals surface area contributed by atoms with Crippen molar-refractivity contribution in [1.29, 1.82) is 0 Å². The molecule has 0 aliphatic rings. The summed E-state index contributed by atoms with van der Waals surface area (Å²) in [5, 5.41) is 0.638. The van der Waals surface area contributed by atoms with E-state index in [1.807, 2.05) is 0 Å². The quantitative estimate of drug-likeness (QED) is 0.264. The van der Waals surface area contributed by atoms with E-state index in [9.17, 15) is 18.0 Å². The number of alkyl halides is 3. The van der Waals surface area contributed by atoms with Crippen LogP contribution in [0.5, 0.6) is 0 Å². The monoisotopic (exact) mass is 481 g/mol. The molecular weight excluding hydrogens is 467 g/mol. The molecule has 0 saturated heterocycles. The molecule has 0 saturated carbocycles. The zero-order valence-corrected chi connectivity index (χ0v) is 18.1. The van der Waals surface area contributed by atoms with Gasteiger partial charge in [0.25, 0.3) is 11.7 Å². The molecule has 0 amide bonds. The molecule has 0 fully saturated rings. The highest BCUT2D eigenvalue weighted by molar-refractivity contribution is 6.30. The lowest BCUT2D eigenvalue weighted by Gasteiger charge is -2.14. The van der Waals surface area contributed by atoms with Crippen LogP contribution < -0.4 is 0 Å². The molecule has 5 aromatic rings. The number of aromatic nitrogens is 3. The van der Waals surface area contributed by atoms with Crippen LogP contribution in [0.2, 0.25) is 5.02 Å². The predicted molar refractivity (Wildman–Crippen MR) is 121 cm³/mol. The Balaban J connectivity index is 1.67. The van der Waals surface area contributed by atoms with Gasteiger partial charge in [0, 0.05) is 40.4 Å². The average Bonchev–Trinajstić information content (AvgIpc) is 3.44. The van der Waals surface area contributed by atoms with Crippen LogP contribution in [0.3, 0.4) is 0 Å². The van der Waals surface area contributed by atoms with E-state index in [1.165, 1.54) is 24.7 Å². The van der Waals surface area contributed by atoms with Crippen LogP contribution >= 0.6 is 11.6 Å². The van der Waals surface area contributed by atoms with Crippen molar-refractivity contribution in [3.8, 4) is 11.3 Å². The van der Waals surface area contributed by atoms with Crippen LogP contribution in [0.15, 0.2) is 83.7 Å². The third-order valence-electron chi connectivity index (χ3n) is 5.39. The second-order valence-electron chi connectivity index (χ2n) is 7.55. The van der Waals surface area contributed by atoms with Crippen LogP contribution in [0.1, 0.15) is 27.5 Å². The number of carbonyl (C=O) groups is 1. The summed E-state index contributed by atoms with van der Waals surface area (Å²) in [4.78, 5) is 21.3. The lowest BCUT2D eigenvalue weighted by atomic mass is 10.1. The molecular formula is C25H15ClF3N3O2. The summed E-state index contributed by atoms with van der Waals surface area (Å²) >= 11 is 5.92. The van der Waals surface area contributed by atoms with Gasteiger partial charge in [-0.2, -0.15) is 13.2 Å². The minimum Gasteiger partial charge on any atom is -0.433 e. The Morgan fingerprint density at radius 2 is 1.71 bits per heavy atom. The molecule has 0 N–H and O–H groups in total. The normalized spacial score (nSPS) is 11.8. The van der Waals surface area contributed by atoms with Crippen molar-refractivity contribution >= 4 is 28.3 Å². The lowest BCUT2D eigenvalue weighted by molar-refractivity contribution is -0.143. The Morgan fingerprint density at radius 3 is 2.41 bits per heavy atom. The molecule has 0 spiro atoms. The number of benzene rings is 2. The largest absolute Gasteiger partial charge is 0.433 e. The minimum absolute atomic E-state index is 0.104. The van der Waals surface area contributed by atoms with Crippen molar-refractivity contribution < 1.29 is 22.4 Å². The Hall–Kier alpha value is -3.91. The van der Waals surface area contributed by atoms with Gasteiger partial charge in [0.15, 0.2) is 5.76 Å². The summed E-state index contributed by atoms with van der Waals surface area (Å²) in [6, 6.07) is 16.1. The second-order valence-corrected chi connectivity index (χ2v) is 7.98. The second kappa shape index (κ2) is 8.46. The standard InChI is InChI=1S/C25H15ClF3N3O2/c26-17-7-5-15(6-8-17)14-32-19-4-2-1-3-18(19)21(23(32)25(27,28)29)22(33)24-31-13-20(34-24)16-9-11-30-12-10-16/h1-13H,14H2. The number of para-hydroxylation sites is 1. The first-order chi connectivity index (χ1) is 16.3. The number of nitrogens with zero attached hydrogens (tertiary/aromatic N) is 3. The van der Waals surface area contributed by atoms with Gasteiger partial charge in [0.05, 0.1) is 11.8 Å². The molecule has 0 bridgehead atoms. The maximum atomic E-state index is 14.4. The molecule has 34 heavy (non-hydrogen) atoms. The van der Waals surface area contributed by atoms with Gasteiger partial charge in [-0.1, -0.05) is 41.9 Å². The number of hydrogen-bond acceptors (Lipinski definition) is 4. The van der Waals surface area contributed by atoms with E-state index >= 15 is 0 Å². The first-order valence-corrected chi connectivity index (χ1v) is 10.5. The third kappa shape index (κ3) is 3.97. The van der Waals surface area contributed by atoms with Gasteiger partial charge in [-0.25, -0.2) is 4.98 Å². The van der Waals surface area contributed by atoms with Crippen LogP contribution in [0, 0.1) is 0 Å². The molecule has 0 aliphatic carbocycles. The zero-order valence-electron chi connectivity index (χ0n) is 17.4. The van der Waals surface area contributed by atoms with Gasteiger partial charge in [-0.15, -0.1) is 0 Å². The number of hydrogen-bond donors (Lipinski definition) is 0. The first kappa shape index (κ1) is 21.9. The summed E-state index contributed by atoms with van der Waals surface area (Å²) in [6.45, 7) is -0.104. The third-order valence-corrected chi connectivity index (χ3v) is 5.64. The van der Waals surface area contributed by atoms with Gasteiger partial charge < -0.3 is 8.98 Å². The molecule has 2 aromatic carbocycles. The van der Waals surface area contributed by atoms with Crippen molar-refractivity contribution in [1.82, 2.24) is 14.5 Å². The molecule has 0 radical (unpaired) electrons. The molecule has 0 aliphatic heterocycles. The van der Waals surface area contributed by atoms with Gasteiger partial charge >= 0.3 is 6.18 Å². The first-order valence-electron chi connectivity index (χ1n) is 10.2. The van der Waals surface area contributed by atoms with Crippen LogP contribution in [0.4, 0.5) is 13.2 Å². The van der Waals surface area contributed by atoms with Crippen molar-refractivity contribution in [2.24, 2.45) is 0 Å². The molecule has 5 nitrogen and oxygen atoms in total. The van der Waals surface area contributed by atoms with Gasteiger partial charge in [0.1, 0.15) is 5.69 Å². The fourth-order valence-corrected chi connectivity index (χ4v) is 4.03. The zero-order chi connectivity index (χ0) is 23.9. The van der Waals surface area contributed by atoms with E-state index in [2.05, 4.69) is 9.97 Å². The average molecular weight is 482 g/mol. The SMILES string of the molecule is O=C(c1ncc(-c2ccncc2)o1)c1c(C(F)(F)F)n(Cc2ccc(Cl)cc2)c2ccccc12. The number of pyridine rings is 1. The van der Waals surface area contributed by atoms with E-state index in [0.29, 0.717) is 16.1 Å². The number of fused-ring (bicyclic) bond motifs is 1. The molecule has 170 valence electrons. The molecule has 9 heteroatoms. The van der Waals surface area contributed by atoms with E-state index in [0.717, 1.165) is 4.57 Å². The number of ketones is 1. The highest BCUT2D eigenvalue weighted by Gasteiger charge is 2.42. The van der Waals surface area contributed by atoms with Crippen molar-refractivity contribution in [3.05, 3.63) is 107 Å². The van der Waals surface area contributed by atoms with E-state index in [4.69, 9.17) is 16.0 Å². The fraction of sp³-hybridized carbons (Fsp3) is 0.0800. The number of halogens is 4. The molecule has 3 heterocycles. The predicted octanol–water partition coefficient (Wildman–Crippen LogP) is 6.64. The number of rotatable bonds is 5.